The molecule has 0 bridgehead atoms. The summed E-state index contributed by atoms with van der Waals surface area (Å²) in [5, 5.41) is -0.157. The molecule has 0 N–H and O–H groups in total. The fraction of sp³-hybridized carbons (Fsp3) is 0.143. The van der Waals surface area contributed by atoms with Crippen molar-refractivity contribution in [3.05, 3.63) is 90.5 Å². The van der Waals surface area contributed by atoms with Crippen LogP contribution in [0.5, 0.6) is 0 Å². The third-order valence-corrected chi connectivity index (χ3v) is 7.77. The molecule has 0 spiro atoms. The summed E-state index contributed by atoms with van der Waals surface area (Å²) in [6, 6.07) is 27.0. The van der Waals surface area contributed by atoms with Gasteiger partial charge in [-0.25, -0.2) is 8.42 Å². The summed E-state index contributed by atoms with van der Waals surface area (Å²) >= 11 is 1.67. The van der Waals surface area contributed by atoms with Gasteiger partial charge in [0.15, 0.2) is 0 Å². The molecule has 3 aromatic carbocycles. The van der Waals surface area contributed by atoms with Gasteiger partial charge in [0.2, 0.25) is 10.0 Å². The normalized spacial score (nSPS) is 18.1. The fourth-order valence-electron chi connectivity index (χ4n) is 3.17. The smallest absolute Gasteiger partial charge is 0.207 e. The van der Waals surface area contributed by atoms with Crippen LogP contribution in [0.2, 0.25) is 0 Å². The Kier molecular flexibility index (Phi) is 4.85. The van der Waals surface area contributed by atoms with E-state index in [4.69, 9.17) is 0 Å². The van der Waals surface area contributed by atoms with E-state index in [0.29, 0.717) is 11.4 Å². The van der Waals surface area contributed by atoms with Crippen LogP contribution in [0.4, 0.5) is 0 Å². The maximum absolute atomic E-state index is 13.2. The van der Waals surface area contributed by atoms with Crippen LogP contribution in [-0.4, -0.2) is 25.0 Å². The zero-order valence-electron chi connectivity index (χ0n) is 14.2. The van der Waals surface area contributed by atoms with Crippen molar-refractivity contribution in [2.24, 2.45) is 0 Å². The predicted molar refractivity (Wildman–Crippen MR) is 107 cm³/mol. The molecule has 1 aliphatic heterocycles. The van der Waals surface area contributed by atoms with Crippen LogP contribution in [0, 0.1) is 0 Å². The second-order valence-electron chi connectivity index (χ2n) is 6.14. The first-order valence-corrected chi connectivity index (χ1v) is 11.0. The second kappa shape index (κ2) is 7.27. The summed E-state index contributed by atoms with van der Waals surface area (Å²) < 4.78 is 28.0. The number of rotatable bonds is 4. The Morgan fingerprint density at radius 2 is 1.35 bits per heavy atom. The highest BCUT2D eigenvalue weighted by Crippen LogP contribution is 2.41. The molecule has 0 aliphatic carbocycles. The van der Waals surface area contributed by atoms with E-state index in [2.05, 4.69) is 0 Å². The zero-order valence-corrected chi connectivity index (χ0v) is 15.8. The number of hydrogen-bond donors (Lipinski definition) is 0. The van der Waals surface area contributed by atoms with E-state index in [1.54, 1.807) is 28.2 Å². The summed E-state index contributed by atoms with van der Waals surface area (Å²) in [7, 11) is -3.52. The fourth-order valence-corrected chi connectivity index (χ4v) is 6.41. The highest BCUT2D eigenvalue weighted by Gasteiger charge is 2.36. The van der Waals surface area contributed by atoms with Gasteiger partial charge >= 0.3 is 0 Å². The molecule has 1 fully saturated rings. The zero-order chi connectivity index (χ0) is 18.0. The predicted octanol–water partition coefficient (Wildman–Crippen LogP) is 4.79. The van der Waals surface area contributed by atoms with E-state index < -0.39 is 10.0 Å². The minimum atomic E-state index is -3.52. The first-order valence-electron chi connectivity index (χ1n) is 8.50. The molecule has 0 amide bonds. The van der Waals surface area contributed by atoms with Crippen LogP contribution in [0.15, 0.2) is 89.8 Å². The molecule has 26 heavy (non-hydrogen) atoms. The van der Waals surface area contributed by atoms with Gasteiger partial charge in [0.25, 0.3) is 0 Å². The molecule has 1 aliphatic rings. The Morgan fingerprint density at radius 1 is 0.769 bits per heavy atom. The van der Waals surface area contributed by atoms with Gasteiger partial charge < -0.3 is 0 Å². The van der Waals surface area contributed by atoms with Gasteiger partial charge in [-0.15, -0.1) is 11.8 Å². The molecule has 5 heteroatoms. The number of sulfonamides is 1. The SMILES string of the molecule is O=S(=O)(c1ccc(-c2ccccc2)cc1)N1CCS[C@H]1c1ccccc1. The number of thioether (sulfide) groups is 1. The number of nitrogens with zero attached hydrogens (tertiary/aromatic N) is 1. The summed E-state index contributed by atoms with van der Waals surface area (Å²) in [6.07, 6.45) is 0. The lowest BCUT2D eigenvalue weighted by atomic mass is 10.1. The third kappa shape index (κ3) is 3.30. The molecule has 132 valence electrons. The minimum absolute atomic E-state index is 0.157. The molecular weight excluding hydrogens is 362 g/mol. The topological polar surface area (TPSA) is 37.4 Å². The average Bonchev–Trinajstić information content (AvgIpc) is 3.20. The van der Waals surface area contributed by atoms with Crippen molar-refractivity contribution in [3.63, 3.8) is 0 Å². The van der Waals surface area contributed by atoms with E-state index >= 15 is 0 Å². The number of hydrogen-bond acceptors (Lipinski definition) is 3. The molecule has 1 heterocycles. The summed E-state index contributed by atoms with van der Waals surface area (Å²) in [6.45, 7) is 0.535. The van der Waals surface area contributed by atoms with Gasteiger partial charge in [0, 0.05) is 12.3 Å². The van der Waals surface area contributed by atoms with Crippen LogP contribution >= 0.6 is 11.8 Å². The molecule has 1 atom stereocenters. The Morgan fingerprint density at radius 3 is 2.00 bits per heavy atom. The van der Waals surface area contributed by atoms with E-state index in [1.807, 2.05) is 72.8 Å². The first kappa shape index (κ1) is 17.3. The molecule has 1 saturated heterocycles. The van der Waals surface area contributed by atoms with Crippen molar-refractivity contribution in [1.29, 1.82) is 0 Å². The largest absolute Gasteiger partial charge is 0.244 e. The van der Waals surface area contributed by atoms with Crippen LogP contribution in [0.25, 0.3) is 11.1 Å². The second-order valence-corrected chi connectivity index (χ2v) is 9.22. The van der Waals surface area contributed by atoms with Crippen LogP contribution < -0.4 is 0 Å². The van der Waals surface area contributed by atoms with E-state index in [9.17, 15) is 8.42 Å². The lowest BCUT2D eigenvalue weighted by Crippen LogP contribution is -2.30. The van der Waals surface area contributed by atoms with E-state index in [-0.39, 0.29) is 5.37 Å². The third-order valence-electron chi connectivity index (χ3n) is 4.50. The minimum Gasteiger partial charge on any atom is -0.207 e. The maximum Gasteiger partial charge on any atom is 0.244 e. The highest BCUT2D eigenvalue weighted by molar-refractivity contribution is 8.01. The van der Waals surface area contributed by atoms with Gasteiger partial charge in [-0.05, 0) is 28.8 Å². The van der Waals surface area contributed by atoms with Crippen molar-refractivity contribution in [2.75, 3.05) is 12.3 Å². The monoisotopic (exact) mass is 381 g/mol. The number of benzene rings is 3. The van der Waals surface area contributed by atoms with Gasteiger partial charge in [0.05, 0.1) is 10.3 Å². The Bertz CT molecular complexity index is 972. The van der Waals surface area contributed by atoms with E-state index in [0.717, 1.165) is 22.4 Å². The maximum atomic E-state index is 13.2. The van der Waals surface area contributed by atoms with Crippen molar-refractivity contribution in [2.45, 2.75) is 10.3 Å². The van der Waals surface area contributed by atoms with Crippen molar-refractivity contribution in [1.82, 2.24) is 4.31 Å². The van der Waals surface area contributed by atoms with Crippen molar-refractivity contribution in [3.8, 4) is 11.1 Å². The lowest BCUT2D eigenvalue weighted by Gasteiger charge is -2.23. The first-order chi connectivity index (χ1) is 12.7. The highest BCUT2D eigenvalue weighted by atomic mass is 32.2. The van der Waals surface area contributed by atoms with Gasteiger partial charge in [-0.1, -0.05) is 72.8 Å². The summed E-state index contributed by atoms with van der Waals surface area (Å²) in [5.74, 6) is 0.806. The lowest BCUT2D eigenvalue weighted by molar-refractivity contribution is 0.434. The molecular formula is C21H19NO2S2. The average molecular weight is 382 g/mol. The van der Waals surface area contributed by atoms with Gasteiger partial charge in [-0.3, -0.25) is 0 Å². The molecule has 0 unspecified atom stereocenters. The molecule has 3 nitrogen and oxygen atoms in total. The Balaban J connectivity index is 1.64. The Hall–Kier alpha value is -2.08. The van der Waals surface area contributed by atoms with Gasteiger partial charge in [-0.2, -0.15) is 4.31 Å². The molecule has 0 radical (unpaired) electrons. The molecule has 3 aromatic rings. The van der Waals surface area contributed by atoms with Crippen LogP contribution in [0.1, 0.15) is 10.9 Å². The van der Waals surface area contributed by atoms with Gasteiger partial charge in [0.1, 0.15) is 0 Å². The molecule has 0 aromatic heterocycles. The van der Waals surface area contributed by atoms with Crippen LogP contribution in [-0.2, 0) is 10.0 Å². The quantitative estimate of drug-likeness (QED) is 0.652. The van der Waals surface area contributed by atoms with Crippen molar-refractivity contribution >= 4 is 21.8 Å². The molecule has 0 saturated carbocycles. The summed E-state index contributed by atoms with van der Waals surface area (Å²) in [5.41, 5.74) is 3.12. The Labute approximate surface area is 158 Å². The molecule has 4 rings (SSSR count). The standard InChI is InChI=1S/C21H19NO2S2/c23-26(24,22-15-16-25-21(22)19-9-5-2-6-10-19)20-13-11-18(12-14-20)17-7-3-1-4-8-17/h1-14,21H,15-16H2/t21-/m0/s1. The summed E-state index contributed by atoms with van der Waals surface area (Å²) in [4.78, 5) is 0.348. The van der Waals surface area contributed by atoms with E-state index in [1.165, 1.54) is 0 Å². The van der Waals surface area contributed by atoms with Crippen molar-refractivity contribution < 1.29 is 8.42 Å². The van der Waals surface area contributed by atoms with Crippen LogP contribution in [0.3, 0.4) is 0 Å².